The highest BCUT2D eigenvalue weighted by molar-refractivity contribution is 7.90. The summed E-state index contributed by atoms with van der Waals surface area (Å²) in [6.45, 7) is 2.55. The Bertz CT molecular complexity index is 574. The molecule has 0 saturated carbocycles. The summed E-state index contributed by atoms with van der Waals surface area (Å²) in [5.41, 5.74) is 1.89. The van der Waals surface area contributed by atoms with Gasteiger partial charge in [0.05, 0.1) is 18.3 Å². The number of sulfonamides is 1. The van der Waals surface area contributed by atoms with Gasteiger partial charge >= 0.3 is 0 Å². The van der Waals surface area contributed by atoms with Gasteiger partial charge in [-0.2, -0.15) is 0 Å². The molecule has 1 aromatic rings. The number of aryl methyl sites for hydroxylation is 1. The summed E-state index contributed by atoms with van der Waals surface area (Å²) in [4.78, 5) is 11.8. The van der Waals surface area contributed by atoms with Gasteiger partial charge in [0.2, 0.25) is 15.9 Å². The molecule has 2 rings (SSSR count). The molecule has 0 spiro atoms. The van der Waals surface area contributed by atoms with E-state index in [1.54, 1.807) is 0 Å². The quantitative estimate of drug-likeness (QED) is 0.895. The van der Waals surface area contributed by atoms with Crippen molar-refractivity contribution in [2.24, 2.45) is 0 Å². The minimum Gasteiger partial charge on any atom is -0.377 e. The first-order chi connectivity index (χ1) is 9.94. The zero-order chi connectivity index (χ0) is 15.3. The Morgan fingerprint density at radius 2 is 2.00 bits per heavy atom. The normalized spacial score (nSPS) is 19.2. The lowest BCUT2D eigenvalue weighted by Gasteiger charge is -2.22. The zero-order valence-corrected chi connectivity index (χ0v) is 13.0. The fourth-order valence-electron chi connectivity index (χ4n) is 2.33. The van der Waals surface area contributed by atoms with Crippen molar-refractivity contribution >= 4 is 15.9 Å². The molecule has 1 aromatic carbocycles. The van der Waals surface area contributed by atoms with Crippen LogP contribution < -0.4 is 4.72 Å². The first kappa shape index (κ1) is 16.0. The summed E-state index contributed by atoms with van der Waals surface area (Å²) in [5, 5.41) is 0. The summed E-state index contributed by atoms with van der Waals surface area (Å²) >= 11 is 0. The highest BCUT2D eigenvalue weighted by atomic mass is 32.2. The van der Waals surface area contributed by atoms with Gasteiger partial charge in [-0.1, -0.05) is 29.8 Å². The Morgan fingerprint density at radius 1 is 1.29 bits per heavy atom. The van der Waals surface area contributed by atoms with E-state index in [4.69, 9.17) is 4.74 Å². The molecule has 1 aliphatic heterocycles. The van der Waals surface area contributed by atoms with Crippen molar-refractivity contribution in [2.45, 2.75) is 38.7 Å². The fraction of sp³-hybridized carbons (Fsp3) is 0.533. The third-order valence-electron chi connectivity index (χ3n) is 3.43. The molecule has 1 atom stereocenters. The van der Waals surface area contributed by atoms with Crippen LogP contribution in [0.15, 0.2) is 24.3 Å². The van der Waals surface area contributed by atoms with E-state index >= 15 is 0 Å². The molecule has 0 aromatic heterocycles. The highest BCUT2D eigenvalue weighted by Gasteiger charge is 2.23. The van der Waals surface area contributed by atoms with Crippen molar-refractivity contribution in [1.82, 2.24) is 4.72 Å². The van der Waals surface area contributed by atoms with E-state index in [1.165, 1.54) is 0 Å². The Kier molecular flexibility index (Phi) is 5.36. The van der Waals surface area contributed by atoms with Crippen molar-refractivity contribution in [1.29, 1.82) is 0 Å². The maximum Gasteiger partial charge on any atom is 0.237 e. The minimum absolute atomic E-state index is 0.0605. The van der Waals surface area contributed by atoms with Gasteiger partial charge < -0.3 is 4.74 Å². The second-order valence-electron chi connectivity index (χ2n) is 5.46. The third kappa shape index (κ3) is 5.47. The molecule has 1 heterocycles. The fourth-order valence-corrected chi connectivity index (χ4v) is 3.58. The predicted octanol–water partition coefficient (Wildman–Crippen LogP) is 1.55. The van der Waals surface area contributed by atoms with Crippen molar-refractivity contribution in [3.8, 4) is 0 Å². The van der Waals surface area contributed by atoms with E-state index in [9.17, 15) is 13.2 Å². The Morgan fingerprint density at radius 3 is 2.62 bits per heavy atom. The molecule has 0 bridgehead atoms. The van der Waals surface area contributed by atoms with Crippen LogP contribution in [0.4, 0.5) is 0 Å². The summed E-state index contributed by atoms with van der Waals surface area (Å²) < 4.78 is 31.4. The lowest BCUT2D eigenvalue weighted by Crippen LogP contribution is -2.38. The standard InChI is InChI=1S/C15H21NO4S/c1-12-5-7-13(8-6-12)10-15(17)16-21(18,19)11-14-4-2-3-9-20-14/h5-8,14H,2-4,9-11H2,1H3,(H,16,17)/t14-/m1/s1. The van der Waals surface area contributed by atoms with Crippen molar-refractivity contribution in [3.63, 3.8) is 0 Å². The van der Waals surface area contributed by atoms with Crippen LogP contribution in [0.25, 0.3) is 0 Å². The molecule has 21 heavy (non-hydrogen) atoms. The second kappa shape index (κ2) is 7.04. The summed E-state index contributed by atoms with van der Waals surface area (Å²) in [6.07, 6.45) is 2.43. The van der Waals surface area contributed by atoms with Crippen molar-refractivity contribution < 1.29 is 17.9 Å². The van der Waals surface area contributed by atoms with Crippen LogP contribution in [0.5, 0.6) is 0 Å². The Labute approximate surface area is 125 Å². The molecule has 1 N–H and O–H groups in total. The first-order valence-corrected chi connectivity index (χ1v) is 8.80. The Hall–Kier alpha value is -1.40. The van der Waals surface area contributed by atoms with Crippen LogP contribution in [-0.2, 0) is 26.0 Å². The number of nitrogens with one attached hydrogen (secondary N) is 1. The SMILES string of the molecule is Cc1ccc(CC(=O)NS(=O)(=O)C[C@H]2CCCCO2)cc1. The van der Waals surface area contributed by atoms with E-state index in [0.29, 0.717) is 6.61 Å². The van der Waals surface area contributed by atoms with Gasteiger partial charge in [0.1, 0.15) is 0 Å². The van der Waals surface area contributed by atoms with Crippen LogP contribution >= 0.6 is 0 Å². The largest absolute Gasteiger partial charge is 0.377 e. The molecule has 5 nitrogen and oxygen atoms in total. The minimum atomic E-state index is -3.63. The number of rotatable bonds is 5. The number of ether oxygens (including phenoxy) is 1. The molecular formula is C15H21NO4S. The van der Waals surface area contributed by atoms with E-state index in [-0.39, 0.29) is 18.3 Å². The average Bonchev–Trinajstić information content (AvgIpc) is 2.41. The van der Waals surface area contributed by atoms with Crippen LogP contribution in [0, 0.1) is 6.92 Å². The van der Waals surface area contributed by atoms with Crippen LogP contribution in [-0.4, -0.2) is 32.8 Å². The third-order valence-corrected chi connectivity index (χ3v) is 4.78. The predicted molar refractivity (Wildman–Crippen MR) is 80.4 cm³/mol. The van der Waals surface area contributed by atoms with Crippen LogP contribution in [0.3, 0.4) is 0 Å². The van der Waals surface area contributed by atoms with Gasteiger partial charge in [0.25, 0.3) is 0 Å². The molecule has 0 radical (unpaired) electrons. The molecule has 6 heteroatoms. The van der Waals surface area contributed by atoms with E-state index in [0.717, 1.165) is 30.4 Å². The lowest BCUT2D eigenvalue weighted by molar-refractivity contribution is -0.118. The molecule has 1 fully saturated rings. The lowest BCUT2D eigenvalue weighted by atomic mass is 10.1. The summed E-state index contributed by atoms with van der Waals surface area (Å²) in [7, 11) is -3.63. The smallest absolute Gasteiger partial charge is 0.237 e. The summed E-state index contributed by atoms with van der Waals surface area (Å²) in [5.74, 6) is -0.651. The number of benzene rings is 1. The van der Waals surface area contributed by atoms with Crippen LogP contribution in [0.1, 0.15) is 30.4 Å². The number of carbonyl (C=O) groups is 1. The monoisotopic (exact) mass is 311 g/mol. The van der Waals surface area contributed by atoms with E-state index in [2.05, 4.69) is 4.72 Å². The zero-order valence-electron chi connectivity index (χ0n) is 12.2. The first-order valence-electron chi connectivity index (χ1n) is 7.15. The van der Waals surface area contributed by atoms with Gasteiger partial charge in [-0.05, 0) is 31.7 Å². The van der Waals surface area contributed by atoms with E-state index < -0.39 is 15.9 Å². The van der Waals surface area contributed by atoms with E-state index in [1.807, 2.05) is 31.2 Å². The number of hydrogen-bond donors (Lipinski definition) is 1. The number of amides is 1. The molecular weight excluding hydrogens is 290 g/mol. The van der Waals surface area contributed by atoms with Gasteiger partial charge in [-0.25, -0.2) is 8.42 Å². The van der Waals surface area contributed by atoms with Gasteiger partial charge in [0.15, 0.2) is 0 Å². The van der Waals surface area contributed by atoms with Crippen molar-refractivity contribution in [3.05, 3.63) is 35.4 Å². The highest BCUT2D eigenvalue weighted by Crippen LogP contribution is 2.14. The van der Waals surface area contributed by atoms with Crippen LogP contribution in [0.2, 0.25) is 0 Å². The topological polar surface area (TPSA) is 72.5 Å². The molecule has 0 aliphatic carbocycles. The molecule has 0 unspecified atom stereocenters. The molecule has 1 amide bonds. The average molecular weight is 311 g/mol. The number of hydrogen-bond acceptors (Lipinski definition) is 4. The van der Waals surface area contributed by atoms with Crippen molar-refractivity contribution in [2.75, 3.05) is 12.4 Å². The van der Waals surface area contributed by atoms with Gasteiger partial charge in [-0.3, -0.25) is 9.52 Å². The summed E-state index contributed by atoms with van der Waals surface area (Å²) in [6, 6.07) is 7.44. The molecule has 116 valence electrons. The van der Waals surface area contributed by atoms with Gasteiger partial charge in [-0.15, -0.1) is 0 Å². The molecule has 1 saturated heterocycles. The van der Waals surface area contributed by atoms with Gasteiger partial charge in [0, 0.05) is 6.61 Å². The maximum absolute atomic E-state index is 11.9. The molecule has 1 aliphatic rings. The maximum atomic E-state index is 11.9. The Balaban J connectivity index is 1.86. The number of carbonyl (C=O) groups excluding carboxylic acids is 1. The second-order valence-corrected chi connectivity index (χ2v) is 7.22.